The molecule has 0 aromatic heterocycles. The highest BCUT2D eigenvalue weighted by atomic mass is 16.4. The van der Waals surface area contributed by atoms with Crippen LogP contribution in [0.25, 0.3) is 0 Å². The Labute approximate surface area is 83.1 Å². The molecule has 1 heterocycles. The first kappa shape index (κ1) is 11.0. The van der Waals surface area contributed by atoms with Gasteiger partial charge in [-0.15, -0.1) is 0 Å². The molecule has 1 saturated heterocycles. The Bertz CT molecular complexity index is 242. The van der Waals surface area contributed by atoms with Crippen LogP contribution in [0.4, 0.5) is 0 Å². The highest BCUT2D eigenvalue weighted by Crippen LogP contribution is 2.09. The lowest BCUT2D eigenvalue weighted by Gasteiger charge is -2.37. The summed E-state index contributed by atoms with van der Waals surface area (Å²) in [5.41, 5.74) is 0. The van der Waals surface area contributed by atoms with Gasteiger partial charge in [0.2, 0.25) is 5.91 Å². The monoisotopic (exact) mass is 200 g/mol. The Balaban J connectivity index is 2.53. The van der Waals surface area contributed by atoms with E-state index >= 15 is 0 Å². The average Bonchev–Trinajstić information content (AvgIpc) is 2.07. The number of hydrogen-bond donors (Lipinski definition) is 2. The predicted octanol–water partition coefficient (Wildman–Crippen LogP) is -0.330. The van der Waals surface area contributed by atoms with Crippen molar-refractivity contribution in [1.82, 2.24) is 10.2 Å². The van der Waals surface area contributed by atoms with Crippen LogP contribution in [0.2, 0.25) is 0 Å². The summed E-state index contributed by atoms with van der Waals surface area (Å²) in [6, 6.07) is 0.0325. The first-order valence-electron chi connectivity index (χ1n) is 4.73. The molecule has 1 fully saturated rings. The molecule has 1 aliphatic heterocycles. The van der Waals surface area contributed by atoms with Crippen LogP contribution in [0.15, 0.2) is 0 Å². The predicted molar refractivity (Wildman–Crippen MR) is 50.9 cm³/mol. The second-order valence-electron chi connectivity index (χ2n) is 3.72. The van der Waals surface area contributed by atoms with Crippen LogP contribution in [-0.4, -0.2) is 47.1 Å². The smallest absolute Gasteiger partial charge is 0.304 e. The fourth-order valence-electron chi connectivity index (χ4n) is 1.72. The molecule has 14 heavy (non-hydrogen) atoms. The number of carboxylic acid groups (broad SMARTS) is 1. The number of carboxylic acids is 1. The minimum Gasteiger partial charge on any atom is -0.481 e. The Kier molecular flexibility index (Phi) is 3.46. The van der Waals surface area contributed by atoms with Crippen molar-refractivity contribution in [2.75, 3.05) is 13.1 Å². The van der Waals surface area contributed by atoms with E-state index in [4.69, 9.17) is 5.11 Å². The lowest BCUT2D eigenvalue weighted by molar-refractivity contribution is -0.140. The third-order valence-corrected chi connectivity index (χ3v) is 2.48. The van der Waals surface area contributed by atoms with Gasteiger partial charge in [0.1, 0.15) is 0 Å². The largest absolute Gasteiger partial charge is 0.481 e. The van der Waals surface area contributed by atoms with Gasteiger partial charge in [0, 0.05) is 32.1 Å². The van der Waals surface area contributed by atoms with Gasteiger partial charge < -0.3 is 15.3 Å². The quantitative estimate of drug-likeness (QED) is 0.640. The summed E-state index contributed by atoms with van der Waals surface area (Å²) in [7, 11) is 0. The standard InChI is InChI=1S/C9H16N2O3/c1-6-4-10-8(3-9(13)14)5-11(6)7(2)12/h6,8,10H,3-5H2,1-2H3,(H,13,14)/t6-,8-/m1/s1. The van der Waals surface area contributed by atoms with Crippen molar-refractivity contribution in [2.45, 2.75) is 32.4 Å². The molecule has 0 aliphatic carbocycles. The highest BCUT2D eigenvalue weighted by Gasteiger charge is 2.27. The molecule has 0 aromatic carbocycles. The number of amides is 1. The van der Waals surface area contributed by atoms with Crippen molar-refractivity contribution in [3.8, 4) is 0 Å². The zero-order valence-electron chi connectivity index (χ0n) is 8.49. The molecule has 0 saturated carbocycles. The molecule has 80 valence electrons. The van der Waals surface area contributed by atoms with E-state index in [1.807, 2.05) is 6.92 Å². The van der Waals surface area contributed by atoms with Crippen molar-refractivity contribution >= 4 is 11.9 Å². The summed E-state index contributed by atoms with van der Waals surface area (Å²) < 4.78 is 0. The lowest BCUT2D eigenvalue weighted by Crippen LogP contribution is -2.57. The summed E-state index contributed by atoms with van der Waals surface area (Å²) in [5.74, 6) is -0.824. The number of piperazine rings is 1. The molecule has 0 radical (unpaired) electrons. The second kappa shape index (κ2) is 4.41. The van der Waals surface area contributed by atoms with Crippen molar-refractivity contribution in [3.05, 3.63) is 0 Å². The van der Waals surface area contributed by atoms with Crippen LogP contribution < -0.4 is 5.32 Å². The zero-order chi connectivity index (χ0) is 10.7. The van der Waals surface area contributed by atoms with Gasteiger partial charge in [0.15, 0.2) is 0 Å². The fraction of sp³-hybridized carbons (Fsp3) is 0.778. The molecule has 5 nitrogen and oxygen atoms in total. The third-order valence-electron chi connectivity index (χ3n) is 2.48. The zero-order valence-corrected chi connectivity index (χ0v) is 8.49. The van der Waals surface area contributed by atoms with Crippen LogP contribution >= 0.6 is 0 Å². The molecule has 0 aromatic rings. The van der Waals surface area contributed by atoms with Crippen molar-refractivity contribution in [2.24, 2.45) is 0 Å². The maximum Gasteiger partial charge on any atom is 0.304 e. The van der Waals surface area contributed by atoms with Gasteiger partial charge >= 0.3 is 5.97 Å². The molecule has 0 spiro atoms. The fourth-order valence-corrected chi connectivity index (χ4v) is 1.72. The lowest BCUT2D eigenvalue weighted by atomic mass is 10.1. The van der Waals surface area contributed by atoms with Crippen LogP contribution in [0, 0.1) is 0 Å². The second-order valence-corrected chi connectivity index (χ2v) is 3.72. The maximum atomic E-state index is 11.2. The van der Waals surface area contributed by atoms with Crippen molar-refractivity contribution < 1.29 is 14.7 Å². The minimum absolute atomic E-state index is 0.00869. The van der Waals surface area contributed by atoms with Crippen molar-refractivity contribution in [3.63, 3.8) is 0 Å². The summed E-state index contributed by atoms with van der Waals surface area (Å²) in [5, 5.41) is 11.7. The molecule has 1 rings (SSSR count). The van der Waals surface area contributed by atoms with E-state index in [0.717, 1.165) is 0 Å². The molecule has 0 unspecified atom stereocenters. The van der Waals surface area contributed by atoms with Gasteiger partial charge in [-0.2, -0.15) is 0 Å². The van der Waals surface area contributed by atoms with Crippen molar-refractivity contribution in [1.29, 1.82) is 0 Å². The van der Waals surface area contributed by atoms with Gasteiger partial charge in [-0.1, -0.05) is 0 Å². The van der Waals surface area contributed by atoms with Gasteiger partial charge in [0.25, 0.3) is 0 Å². The van der Waals surface area contributed by atoms with E-state index < -0.39 is 5.97 Å². The Morgan fingerprint density at radius 1 is 1.57 bits per heavy atom. The minimum atomic E-state index is -0.833. The van der Waals surface area contributed by atoms with E-state index in [1.54, 1.807) is 4.90 Å². The number of carbonyl (C=O) groups excluding carboxylic acids is 1. The summed E-state index contributed by atoms with van der Waals surface area (Å²) in [4.78, 5) is 23.4. The van der Waals surface area contributed by atoms with Gasteiger partial charge in [-0.25, -0.2) is 0 Å². The number of aliphatic carboxylic acids is 1. The first-order valence-corrected chi connectivity index (χ1v) is 4.73. The van der Waals surface area contributed by atoms with Crippen LogP contribution in [0.1, 0.15) is 20.3 Å². The Morgan fingerprint density at radius 2 is 2.21 bits per heavy atom. The van der Waals surface area contributed by atoms with E-state index in [0.29, 0.717) is 13.1 Å². The number of nitrogens with zero attached hydrogens (tertiary/aromatic N) is 1. The van der Waals surface area contributed by atoms with Gasteiger partial charge in [0.05, 0.1) is 6.42 Å². The van der Waals surface area contributed by atoms with Gasteiger partial charge in [-0.05, 0) is 6.92 Å². The van der Waals surface area contributed by atoms with Crippen LogP contribution in [0.5, 0.6) is 0 Å². The normalized spacial score (nSPS) is 27.4. The third kappa shape index (κ3) is 2.70. The number of rotatable bonds is 2. The molecular formula is C9H16N2O3. The van der Waals surface area contributed by atoms with Gasteiger partial charge in [-0.3, -0.25) is 9.59 Å². The van der Waals surface area contributed by atoms with E-state index in [9.17, 15) is 9.59 Å². The highest BCUT2D eigenvalue weighted by molar-refractivity contribution is 5.74. The topological polar surface area (TPSA) is 69.6 Å². The first-order chi connectivity index (χ1) is 6.50. The molecular weight excluding hydrogens is 184 g/mol. The summed E-state index contributed by atoms with van der Waals surface area (Å²) >= 11 is 0. The van der Waals surface area contributed by atoms with E-state index in [2.05, 4.69) is 5.32 Å². The van der Waals surface area contributed by atoms with E-state index in [1.165, 1.54) is 6.92 Å². The summed E-state index contributed by atoms with van der Waals surface area (Å²) in [6.07, 6.45) is 0.0660. The summed E-state index contributed by atoms with van der Waals surface area (Å²) in [6.45, 7) is 4.62. The molecule has 2 atom stereocenters. The number of hydrogen-bond acceptors (Lipinski definition) is 3. The Hall–Kier alpha value is -1.10. The van der Waals surface area contributed by atoms with E-state index in [-0.39, 0.29) is 24.4 Å². The van der Waals surface area contributed by atoms with Crippen LogP contribution in [0.3, 0.4) is 0 Å². The molecule has 0 bridgehead atoms. The molecule has 1 aliphatic rings. The number of nitrogens with one attached hydrogen (secondary N) is 1. The number of carbonyl (C=O) groups is 2. The van der Waals surface area contributed by atoms with Crippen LogP contribution in [-0.2, 0) is 9.59 Å². The molecule has 2 N–H and O–H groups in total. The average molecular weight is 200 g/mol. The Morgan fingerprint density at radius 3 is 2.71 bits per heavy atom. The maximum absolute atomic E-state index is 11.2. The SMILES string of the molecule is CC(=O)N1C[C@@H](CC(=O)O)NC[C@H]1C. The molecule has 5 heteroatoms. The molecule has 1 amide bonds.